The van der Waals surface area contributed by atoms with Gasteiger partial charge in [0.1, 0.15) is 17.4 Å². The summed E-state index contributed by atoms with van der Waals surface area (Å²) in [7, 11) is 1.61. The van der Waals surface area contributed by atoms with Crippen LogP contribution in [0.4, 0.5) is 11.4 Å². The lowest BCUT2D eigenvalue weighted by Crippen LogP contribution is -2.29. The Morgan fingerprint density at radius 3 is 2.52 bits per heavy atom. The van der Waals surface area contributed by atoms with Crippen LogP contribution in [0, 0.1) is 25.2 Å². The summed E-state index contributed by atoms with van der Waals surface area (Å²) in [6, 6.07) is 13.6. The molecule has 150 valence electrons. The third-order valence-electron chi connectivity index (χ3n) is 5.37. The molecule has 2 aromatic rings. The van der Waals surface area contributed by atoms with Crippen LogP contribution in [0.3, 0.4) is 0 Å². The van der Waals surface area contributed by atoms with Crippen LogP contribution in [0.15, 0.2) is 42.0 Å². The van der Waals surface area contributed by atoms with Crippen LogP contribution in [0.25, 0.3) is 6.08 Å². The van der Waals surface area contributed by atoms with Gasteiger partial charge in [-0.3, -0.25) is 4.79 Å². The fraction of sp³-hybridized carbons (Fsp3) is 0.333. The van der Waals surface area contributed by atoms with Gasteiger partial charge in [-0.15, -0.1) is 0 Å². The van der Waals surface area contributed by atoms with Crippen molar-refractivity contribution in [1.82, 2.24) is 0 Å². The number of rotatable bonds is 5. The number of anilines is 2. The lowest BCUT2D eigenvalue weighted by molar-refractivity contribution is -0.112. The highest BCUT2D eigenvalue weighted by molar-refractivity contribution is 6.09. The molecule has 0 unspecified atom stereocenters. The number of aryl methyl sites for hydroxylation is 2. The smallest absolute Gasteiger partial charge is 0.266 e. The van der Waals surface area contributed by atoms with E-state index in [1.54, 1.807) is 13.2 Å². The molecule has 1 fully saturated rings. The van der Waals surface area contributed by atoms with Gasteiger partial charge in [0.05, 0.1) is 7.11 Å². The molecule has 0 spiro atoms. The van der Waals surface area contributed by atoms with Crippen molar-refractivity contribution in [2.75, 3.05) is 30.4 Å². The molecule has 3 rings (SSSR count). The molecule has 1 amide bonds. The molecule has 1 saturated heterocycles. The minimum atomic E-state index is -0.432. The van der Waals surface area contributed by atoms with Crippen molar-refractivity contribution in [3.8, 4) is 11.8 Å². The van der Waals surface area contributed by atoms with E-state index in [2.05, 4.69) is 10.2 Å². The molecule has 2 aromatic carbocycles. The number of piperidine rings is 1. The zero-order valence-corrected chi connectivity index (χ0v) is 17.3. The zero-order valence-electron chi connectivity index (χ0n) is 17.3. The Morgan fingerprint density at radius 1 is 1.10 bits per heavy atom. The molecular formula is C24H27N3O2. The van der Waals surface area contributed by atoms with E-state index >= 15 is 0 Å². The van der Waals surface area contributed by atoms with Crippen molar-refractivity contribution in [3.63, 3.8) is 0 Å². The van der Waals surface area contributed by atoms with E-state index in [9.17, 15) is 10.1 Å². The molecule has 5 heteroatoms. The lowest BCUT2D eigenvalue weighted by Gasteiger charge is -2.29. The van der Waals surface area contributed by atoms with Crippen molar-refractivity contribution in [3.05, 3.63) is 58.7 Å². The average Bonchev–Trinajstić information content (AvgIpc) is 2.75. The van der Waals surface area contributed by atoms with Gasteiger partial charge in [-0.25, -0.2) is 0 Å². The summed E-state index contributed by atoms with van der Waals surface area (Å²) < 4.78 is 5.54. The number of methoxy groups -OCH3 is 1. The Bertz CT molecular complexity index is 967. The molecular weight excluding hydrogens is 362 g/mol. The van der Waals surface area contributed by atoms with Crippen molar-refractivity contribution in [2.45, 2.75) is 33.1 Å². The number of hydrogen-bond acceptors (Lipinski definition) is 4. The molecule has 1 aliphatic rings. The lowest BCUT2D eigenvalue weighted by atomic mass is 10.1. The Hall–Kier alpha value is -3.26. The Labute approximate surface area is 172 Å². The number of nitrogens with one attached hydrogen (secondary N) is 1. The normalized spacial score (nSPS) is 14.3. The maximum absolute atomic E-state index is 12.6. The molecule has 0 radical (unpaired) electrons. The van der Waals surface area contributed by atoms with Gasteiger partial charge < -0.3 is 15.0 Å². The topological polar surface area (TPSA) is 65.4 Å². The van der Waals surface area contributed by atoms with E-state index in [1.807, 2.05) is 56.3 Å². The summed E-state index contributed by atoms with van der Waals surface area (Å²) in [5.74, 6) is 0.220. The molecule has 0 bridgehead atoms. The molecule has 0 aromatic heterocycles. The van der Waals surface area contributed by atoms with Gasteiger partial charge >= 0.3 is 0 Å². The highest BCUT2D eigenvalue weighted by Crippen LogP contribution is 2.29. The number of amides is 1. The standard InChI is InChI=1S/C24H27N3O2/c1-17-7-9-21(13-18(17)2)26-24(28)20(16-25)14-19-8-10-22(15-23(19)29-3)27-11-5-4-6-12-27/h7-10,13-15H,4-6,11-12H2,1-3H3,(H,26,28)/b20-14-. The summed E-state index contributed by atoms with van der Waals surface area (Å²) in [6.45, 7) is 6.09. The second-order valence-electron chi connectivity index (χ2n) is 7.40. The van der Waals surface area contributed by atoms with Crippen molar-refractivity contribution >= 4 is 23.4 Å². The van der Waals surface area contributed by atoms with E-state index in [1.165, 1.54) is 19.3 Å². The summed E-state index contributed by atoms with van der Waals surface area (Å²) in [5, 5.41) is 12.3. The fourth-order valence-corrected chi connectivity index (χ4v) is 3.49. The quantitative estimate of drug-likeness (QED) is 0.586. The Morgan fingerprint density at radius 2 is 1.86 bits per heavy atom. The second-order valence-corrected chi connectivity index (χ2v) is 7.40. The van der Waals surface area contributed by atoms with E-state index in [-0.39, 0.29) is 5.57 Å². The van der Waals surface area contributed by atoms with Crippen LogP contribution in [0.5, 0.6) is 5.75 Å². The van der Waals surface area contributed by atoms with Gasteiger partial charge in [-0.1, -0.05) is 6.07 Å². The number of carbonyl (C=O) groups is 1. The highest BCUT2D eigenvalue weighted by atomic mass is 16.5. The maximum atomic E-state index is 12.6. The van der Waals surface area contributed by atoms with Crippen LogP contribution in [-0.2, 0) is 4.79 Å². The van der Waals surface area contributed by atoms with Crippen LogP contribution in [0.2, 0.25) is 0 Å². The monoisotopic (exact) mass is 389 g/mol. The molecule has 1 heterocycles. The summed E-state index contributed by atoms with van der Waals surface area (Å²) in [4.78, 5) is 15.0. The zero-order chi connectivity index (χ0) is 20.8. The molecule has 29 heavy (non-hydrogen) atoms. The van der Waals surface area contributed by atoms with Crippen molar-refractivity contribution < 1.29 is 9.53 Å². The number of hydrogen-bond donors (Lipinski definition) is 1. The fourth-order valence-electron chi connectivity index (χ4n) is 3.49. The van der Waals surface area contributed by atoms with Crippen molar-refractivity contribution in [1.29, 1.82) is 5.26 Å². The van der Waals surface area contributed by atoms with Gasteiger partial charge in [0.2, 0.25) is 0 Å². The molecule has 0 saturated carbocycles. The Kier molecular flexibility index (Phi) is 6.56. The first-order chi connectivity index (χ1) is 14.0. The van der Waals surface area contributed by atoms with Gasteiger partial charge in [0.15, 0.2) is 0 Å². The third-order valence-corrected chi connectivity index (χ3v) is 5.37. The van der Waals surface area contributed by atoms with E-state index in [4.69, 9.17) is 4.74 Å². The summed E-state index contributed by atoms with van der Waals surface area (Å²) >= 11 is 0. The first-order valence-corrected chi connectivity index (χ1v) is 9.95. The first kappa shape index (κ1) is 20.5. The molecule has 0 atom stereocenters. The van der Waals surface area contributed by atoms with Crippen molar-refractivity contribution in [2.24, 2.45) is 0 Å². The number of ether oxygens (including phenoxy) is 1. The van der Waals surface area contributed by atoms with Crippen LogP contribution >= 0.6 is 0 Å². The van der Waals surface area contributed by atoms with Gasteiger partial charge in [-0.05, 0) is 74.6 Å². The Balaban J connectivity index is 1.82. The number of benzene rings is 2. The summed E-state index contributed by atoms with van der Waals surface area (Å²) in [5.41, 5.74) is 4.76. The number of nitrogens with zero attached hydrogens (tertiary/aromatic N) is 2. The maximum Gasteiger partial charge on any atom is 0.266 e. The second kappa shape index (κ2) is 9.29. The predicted molar refractivity (Wildman–Crippen MR) is 117 cm³/mol. The minimum absolute atomic E-state index is 0.0345. The van der Waals surface area contributed by atoms with E-state index in [0.29, 0.717) is 17.0 Å². The molecule has 1 N–H and O–H groups in total. The van der Waals surface area contributed by atoms with Crippen LogP contribution < -0.4 is 15.0 Å². The van der Waals surface area contributed by atoms with Crippen LogP contribution in [-0.4, -0.2) is 26.1 Å². The highest BCUT2D eigenvalue weighted by Gasteiger charge is 2.15. The average molecular weight is 389 g/mol. The van der Waals surface area contributed by atoms with Gasteiger partial charge in [0.25, 0.3) is 5.91 Å². The van der Waals surface area contributed by atoms with Gasteiger partial charge in [-0.2, -0.15) is 5.26 Å². The third kappa shape index (κ3) is 4.97. The summed E-state index contributed by atoms with van der Waals surface area (Å²) in [6.07, 6.45) is 5.24. The molecule has 1 aliphatic heterocycles. The van der Waals surface area contributed by atoms with Crippen LogP contribution in [0.1, 0.15) is 36.0 Å². The first-order valence-electron chi connectivity index (χ1n) is 9.95. The molecule has 5 nitrogen and oxygen atoms in total. The minimum Gasteiger partial charge on any atom is -0.496 e. The predicted octanol–water partition coefficient (Wildman–Crippen LogP) is 4.85. The van der Waals surface area contributed by atoms with Gasteiger partial charge in [0, 0.05) is 36.1 Å². The number of carbonyl (C=O) groups excluding carboxylic acids is 1. The largest absolute Gasteiger partial charge is 0.496 e. The van der Waals surface area contributed by atoms with E-state index < -0.39 is 5.91 Å². The van der Waals surface area contributed by atoms with E-state index in [0.717, 1.165) is 29.9 Å². The number of nitriles is 1. The molecule has 0 aliphatic carbocycles. The SMILES string of the molecule is COc1cc(N2CCCCC2)ccc1/C=C(/C#N)C(=O)Nc1ccc(C)c(C)c1.